The van der Waals surface area contributed by atoms with Crippen molar-refractivity contribution in [3.63, 3.8) is 0 Å². The van der Waals surface area contributed by atoms with Gasteiger partial charge in [0, 0.05) is 11.1 Å². The van der Waals surface area contributed by atoms with E-state index >= 15 is 0 Å². The average Bonchev–Trinajstić information content (AvgIpc) is 3.44. The van der Waals surface area contributed by atoms with Gasteiger partial charge in [0.2, 0.25) is 29.0 Å². The number of imide groups is 1. The molecule has 10 heteroatoms. The van der Waals surface area contributed by atoms with Crippen molar-refractivity contribution in [1.82, 2.24) is 0 Å². The lowest BCUT2D eigenvalue weighted by Gasteiger charge is -2.28. The first-order valence-electron chi connectivity index (χ1n) is 11.2. The van der Waals surface area contributed by atoms with Crippen LogP contribution >= 0.6 is 0 Å². The summed E-state index contributed by atoms with van der Waals surface area (Å²) in [5, 5.41) is 0. The van der Waals surface area contributed by atoms with Gasteiger partial charge in [0.15, 0.2) is 0 Å². The maximum absolute atomic E-state index is 13.8. The smallest absolute Gasteiger partial charge is 0.349 e. The van der Waals surface area contributed by atoms with E-state index in [9.17, 15) is 36.7 Å². The molecule has 0 radical (unpaired) electrons. The first-order valence-corrected chi connectivity index (χ1v) is 11.2. The van der Waals surface area contributed by atoms with Crippen molar-refractivity contribution >= 4 is 29.1 Å². The molecule has 186 valence electrons. The summed E-state index contributed by atoms with van der Waals surface area (Å²) in [6, 6.07) is 14.6. The molecule has 1 spiro atoms. The second-order valence-electron chi connectivity index (χ2n) is 9.06. The lowest BCUT2D eigenvalue weighted by atomic mass is 9.77. The number of rotatable bonds is 2. The molecule has 3 aliphatic rings. The number of carbonyl (C=O) groups is 4. The number of alkyl halides is 3. The van der Waals surface area contributed by atoms with Crippen LogP contribution in [0.3, 0.4) is 0 Å². The first kappa shape index (κ1) is 23.2. The summed E-state index contributed by atoms with van der Waals surface area (Å²) in [5.41, 5.74) is -4.21. The molecule has 2 aliphatic heterocycles. The van der Waals surface area contributed by atoms with Crippen LogP contribution in [0.15, 0.2) is 72.8 Å². The van der Waals surface area contributed by atoms with E-state index < -0.39 is 70.2 Å². The predicted molar refractivity (Wildman–Crippen MR) is 119 cm³/mol. The van der Waals surface area contributed by atoms with Crippen LogP contribution in [-0.4, -0.2) is 29.0 Å². The third kappa shape index (κ3) is 3.02. The molecule has 3 aromatic rings. The lowest BCUT2D eigenvalue weighted by Crippen LogP contribution is -2.51. The van der Waals surface area contributed by atoms with Gasteiger partial charge in [-0.15, -0.1) is 0 Å². The number of amides is 2. The Bertz CT molecular complexity index is 1480. The van der Waals surface area contributed by atoms with Gasteiger partial charge in [-0.25, -0.2) is 9.29 Å². The van der Waals surface area contributed by atoms with Gasteiger partial charge in [0.05, 0.1) is 29.2 Å². The zero-order valence-corrected chi connectivity index (χ0v) is 18.7. The number of nitrogens with zero attached hydrogens (tertiary/aromatic N) is 1. The summed E-state index contributed by atoms with van der Waals surface area (Å²) in [6.07, 6.45) is -6.26. The first-order chi connectivity index (χ1) is 17.6. The van der Waals surface area contributed by atoms with Crippen molar-refractivity contribution in [1.29, 1.82) is 0 Å². The molecule has 2 heterocycles. The summed E-state index contributed by atoms with van der Waals surface area (Å²) in [4.78, 5) is 55.2. The van der Waals surface area contributed by atoms with Gasteiger partial charge < -0.3 is 4.74 Å². The van der Waals surface area contributed by atoms with E-state index in [1.165, 1.54) is 42.5 Å². The highest BCUT2D eigenvalue weighted by atomic mass is 19.4. The number of anilines is 1. The van der Waals surface area contributed by atoms with Crippen LogP contribution in [0.1, 0.15) is 37.9 Å². The maximum Gasteiger partial charge on any atom is 0.418 e. The topological polar surface area (TPSA) is 80.8 Å². The zero-order chi connectivity index (χ0) is 26.3. The molecule has 2 saturated heterocycles. The SMILES string of the molecule is O=C1[C@@H]2[C@@H](C(=O)N1c1ccccc1C(F)(F)F)C1(O[C@H]2c2ccc(F)cc2)C(=O)c2ccccc2C1=O. The Morgan fingerprint density at radius 3 is 1.92 bits per heavy atom. The van der Waals surface area contributed by atoms with E-state index in [1.54, 1.807) is 0 Å². The Labute approximate surface area is 206 Å². The van der Waals surface area contributed by atoms with Crippen molar-refractivity contribution in [2.24, 2.45) is 11.8 Å². The molecule has 0 N–H and O–H groups in total. The molecule has 0 bridgehead atoms. The highest BCUT2D eigenvalue weighted by Crippen LogP contribution is 2.58. The van der Waals surface area contributed by atoms with Gasteiger partial charge in [-0.3, -0.25) is 19.2 Å². The minimum atomic E-state index is -4.89. The Kier molecular flexibility index (Phi) is 4.81. The predicted octanol–water partition coefficient (Wildman–Crippen LogP) is 4.54. The monoisotopic (exact) mass is 509 g/mol. The van der Waals surface area contributed by atoms with Crippen molar-refractivity contribution in [2.45, 2.75) is 17.9 Å². The summed E-state index contributed by atoms with van der Waals surface area (Å²) in [5.74, 6) is -7.71. The van der Waals surface area contributed by atoms with E-state index in [4.69, 9.17) is 4.74 Å². The summed E-state index contributed by atoms with van der Waals surface area (Å²) >= 11 is 0. The van der Waals surface area contributed by atoms with E-state index in [0.717, 1.165) is 30.3 Å². The summed E-state index contributed by atoms with van der Waals surface area (Å²) in [7, 11) is 0. The van der Waals surface area contributed by atoms with Gasteiger partial charge in [-0.05, 0) is 29.8 Å². The minimum absolute atomic E-state index is 0.0135. The second kappa shape index (κ2) is 7.66. The normalized spacial score (nSPS) is 24.2. The van der Waals surface area contributed by atoms with Crippen LogP contribution in [0.25, 0.3) is 0 Å². The molecule has 0 aromatic heterocycles. The minimum Gasteiger partial charge on any atom is -0.349 e. The van der Waals surface area contributed by atoms with Crippen molar-refractivity contribution in [2.75, 3.05) is 4.90 Å². The highest BCUT2D eigenvalue weighted by molar-refractivity contribution is 6.37. The Morgan fingerprint density at radius 2 is 1.32 bits per heavy atom. The largest absolute Gasteiger partial charge is 0.418 e. The Hall–Kier alpha value is -4.18. The Balaban J connectivity index is 1.56. The molecular weight excluding hydrogens is 494 g/mol. The quantitative estimate of drug-likeness (QED) is 0.288. The number of ketones is 2. The standard InChI is InChI=1S/C27H15F4NO5/c28-14-11-9-13(10-12-14)21-19-20(26(37-21)22(33)15-5-1-2-6-16(15)23(26)34)25(36)32(24(19)35)18-8-4-3-7-17(18)27(29,30)31/h1-12,19-21H/t19-,20+,21+/m1/s1. The van der Waals surface area contributed by atoms with E-state index in [1.807, 2.05) is 0 Å². The van der Waals surface area contributed by atoms with Gasteiger partial charge in [0.25, 0.3) is 0 Å². The average molecular weight is 509 g/mol. The van der Waals surface area contributed by atoms with Gasteiger partial charge in [-0.2, -0.15) is 13.2 Å². The number of ether oxygens (including phenoxy) is 1. The summed E-state index contributed by atoms with van der Waals surface area (Å²) in [6.45, 7) is 0. The van der Waals surface area contributed by atoms with Crippen LogP contribution in [0, 0.1) is 17.7 Å². The fourth-order valence-corrected chi connectivity index (χ4v) is 5.62. The van der Waals surface area contributed by atoms with Gasteiger partial charge in [-0.1, -0.05) is 48.5 Å². The van der Waals surface area contributed by atoms with Crippen LogP contribution in [0.4, 0.5) is 23.2 Å². The van der Waals surface area contributed by atoms with Gasteiger partial charge in [0.1, 0.15) is 5.82 Å². The number of benzene rings is 3. The van der Waals surface area contributed by atoms with E-state index in [2.05, 4.69) is 0 Å². The fraction of sp³-hybridized carbons (Fsp3) is 0.185. The third-order valence-corrected chi connectivity index (χ3v) is 7.17. The number of hydrogen-bond donors (Lipinski definition) is 0. The van der Waals surface area contributed by atoms with Crippen LogP contribution in [0.2, 0.25) is 0 Å². The molecule has 0 saturated carbocycles. The number of halogens is 4. The molecule has 3 aromatic carbocycles. The molecule has 0 unspecified atom stereocenters. The third-order valence-electron chi connectivity index (χ3n) is 7.17. The van der Waals surface area contributed by atoms with E-state index in [0.29, 0.717) is 4.90 Å². The van der Waals surface area contributed by atoms with Crippen LogP contribution < -0.4 is 4.90 Å². The lowest BCUT2D eigenvalue weighted by molar-refractivity contribution is -0.137. The second-order valence-corrected chi connectivity index (χ2v) is 9.06. The Morgan fingerprint density at radius 1 is 0.757 bits per heavy atom. The number of para-hydroxylation sites is 1. The highest BCUT2D eigenvalue weighted by Gasteiger charge is 2.75. The molecule has 37 heavy (non-hydrogen) atoms. The number of Topliss-reactive ketones (excluding diaryl/α,β-unsaturated/α-hetero) is 2. The number of carbonyl (C=O) groups excluding carboxylic acids is 4. The zero-order valence-electron chi connectivity index (χ0n) is 18.7. The van der Waals surface area contributed by atoms with Crippen LogP contribution in [0.5, 0.6) is 0 Å². The van der Waals surface area contributed by atoms with Crippen molar-refractivity contribution in [3.05, 3.63) is 101 Å². The number of fused-ring (bicyclic) bond motifs is 3. The molecule has 2 amide bonds. The molecular formula is C27H15F4NO5. The number of hydrogen-bond acceptors (Lipinski definition) is 5. The van der Waals surface area contributed by atoms with Crippen LogP contribution in [-0.2, 0) is 20.5 Å². The van der Waals surface area contributed by atoms with Crippen molar-refractivity contribution < 1.29 is 41.5 Å². The maximum atomic E-state index is 13.8. The van der Waals surface area contributed by atoms with Crippen molar-refractivity contribution in [3.8, 4) is 0 Å². The van der Waals surface area contributed by atoms with Gasteiger partial charge >= 0.3 is 6.18 Å². The molecule has 6 nitrogen and oxygen atoms in total. The summed E-state index contributed by atoms with van der Waals surface area (Å²) < 4.78 is 61.1. The molecule has 1 aliphatic carbocycles. The fourth-order valence-electron chi connectivity index (χ4n) is 5.62. The molecule has 3 atom stereocenters. The molecule has 2 fully saturated rings. The van der Waals surface area contributed by atoms with E-state index in [-0.39, 0.29) is 16.7 Å². The molecule has 6 rings (SSSR count).